The molecule has 1 heterocycles. The van der Waals surface area contributed by atoms with Crippen LogP contribution < -0.4 is 0 Å². The molecule has 0 N–H and O–H groups in total. The maximum absolute atomic E-state index is 12.5. The third-order valence-corrected chi connectivity index (χ3v) is 6.49. The highest BCUT2D eigenvalue weighted by atomic mass is 16.6. The largest absolute Gasteiger partial charge is 0.461 e. The fourth-order valence-corrected chi connectivity index (χ4v) is 5.59. The summed E-state index contributed by atoms with van der Waals surface area (Å²) in [5.41, 5.74) is -0.531. The van der Waals surface area contributed by atoms with E-state index in [0.29, 0.717) is 24.0 Å². The predicted molar refractivity (Wildman–Crippen MR) is 60.0 cm³/mol. The van der Waals surface area contributed by atoms with Crippen molar-refractivity contribution in [3.8, 4) is 0 Å². The van der Waals surface area contributed by atoms with Gasteiger partial charge in [-0.15, -0.1) is 0 Å². The molecule has 0 radical (unpaired) electrons. The minimum atomic E-state index is -0.360. The van der Waals surface area contributed by atoms with Crippen molar-refractivity contribution in [2.24, 2.45) is 28.6 Å². The maximum atomic E-state index is 12.5. The molecule has 3 saturated carbocycles. The van der Waals surface area contributed by atoms with Crippen LogP contribution in [-0.4, -0.2) is 17.9 Å². The molecule has 0 aromatic rings. The van der Waals surface area contributed by atoms with Gasteiger partial charge in [0.05, 0.1) is 5.41 Å². The lowest BCUT2D eigenvalue weighted by atomic mass is 9.65. The first-order chi connectivity index (χ1) is 8.01. The van der Waals surface area contributed by atoms with Crippen LogP contribution in [0, 0.1) is 28.6 Å². The molecule has 3 nitrogen and oxygen atoms in total. The number of carbonyl (C=O) groups excluding carboxylic acids is 2. The molecule has 0 amide bonds. The van der Waals surface area contributed by atoms with E-state index >= 15 is 0 Å². The average molecular weight is 234 g/mol. The number of ether oxygens (including phenoxy) is 1. The number of Topliss-reactive ketones (excluding diaryl/α,β-unsaturated/α-hetero) is 1. The second kappa shape index (κ2) is 2.60. The summed E-state index contributed by atoms with van der Waals surface area (Å²) in [7, 11) is 0. The van der Waals surface area contributed by atoms with E-state index < -0.39 is 0 Å². The van der Waals surface area contributed by atoms with Crippen LogP contribution in [0.3, 0.4) is 0 Å². The van der Waals surface area contributed by atoms with Crippen LogP contribution in [-0.2, 0) is 14.3 Å². The zero-order valence-corrected chi connectivity index (χ0v) is 10.4. The lowest BCUT2D eigenvalue weighted by Crippen LogP contribution is -2.44. The molecule has 4 aliphatic rings. The second-order valence-corrected chi connectivity index (χ2v) is 6.74. The number of esters is 1. The van der Waals surface area contributed by atoms with Crippen LogP contribution in [0.4, 0.5) is 0 Å². The van der Waals surface area contributed by atoms with E-state index in [2.05, 4.69) is 13.8 Å². The Bertz CT molecular complexity index is 443. The van der Waals surface area contributed by atoms with Crippen LogP contribution >= 0.6 is 0 Å². The molecule has 3 aliphatic carbocycles. The van der Waals surface area contributed by atoms with Crippen LogP contribution in [0.2, 0.25) is 0 Å². The smallest absolute Gasteiger partial charge is 0.312 e. The number of hydrogen-bond acceptors (Lipinski definition) is 3. The molecule has 1 aliphatic heterocycles. The summed E-state index contributed by atoms with van der Waals surface area (Å²) in [6, 6.07) is 0. The van der Waals surface area contributed by atoms with Gasteiger partial charge in [-0.1, -0.05) is 6.92 Å². The van der Waals surface area contributed by atoms with E-state index in [0.717, 1.165) is 19.3 Å². The van der Waals surface area contributed by atoms with Crippen molar-refractivity contribution in [1.29, 1.82) is 0 Å². The Labute approximate surface area is 101 Å². The summed E-state index contributed by atoms with van der Waals surface area (Å²) in [4.78, 5) is 24.7. The van der Waals surface area contributed by atoms with Crippen molar-refractivity contribution >= 4 is 11.8 Å². The summed E-state index contributed by atoms with van der Waals surface area (Å²) in [6.07, 6.45) is 3.40. The van der Waals surface area contributed by atoms with Gasteiger partial charge in [-0.2, -0.15) is 0 Å². The van der Waals surface area contributed by atoms with E-state index in [9.17, 15) is 9.59 Å². The molecule has 0 unspecified atom stereocenters. The van der Waals surface area contributed by atoms with Gasteiger partial charge in [0.2, 0.25) is 0 Å². The third-order valence-electron chi connectivity index (χ3n) is 6.49. The van der Waals surface area contributed by atoms with Gasteiger partial charge in [-0.05, 0) is 38.0 Å². The van der Waals surface area contributed by atoms with Gasteiger partial charge >= 0.3 is 5.97 Å². The van der Waals surface area contributed by atoms with Gasteiger partial charge in [0.15, 0.2) is 0 Å². The van der Waals surface area contributed by atoms with E-state index in [1.54, 1.807) is 0 Å². The second-order valence-electron chi connectivity index (χ2n) is 6.74. The van der Waals surface area contributed by atoms with Crippen LogP contribution in [0.1, 0.15) is 39.5 Å². The molecule has 1 saturated heterocycles. The summed E-state index contributed by atoms with van der Waals surface area (Å²) in [5.74, 6) is 1.37. The Morgan fingerprint density at radius 1 is 1.29 bits per heavy atom. The molecule has 6 atom stereocenters. The summed E-state index contributed by atoms with van der Waals surface area (Å²) < 4.78 is 5.47. The standard InChI is InChI=1S/C14H18O3/c1-7-3-4-10-13(2)8-6-14(7,10)11(15)5-9(8)17-12(13)16/h7-10H,3-6H2,1-2H3/t7-,8+,9-,10+,13-,14-/m1/s1. The van der Waals surface area contributed by atoms with Crippen molar-refractivity contribution in [3.05, 3.63) is 0 Å². The van der Waals surface area contributed by atoms with E-state index in [4.69, 9.17) is 4.74 Å². The normalized spacial score (nSPS) is 59.4. The van der Waals surface area contributed by atoms with Crippen molar-refractivity contribution in [2.75, 3.05) is 0 Å². The highest BCUT2D eigenvalue weighted by Crippen LogP contribution is 2.72. The minimum Gasteiger partial charge on any atom is -0.461 e. The number of ketones is 1. The van der Waals surface area contributed by atoms with Crippen LogP contribution in [0.15, 0.2) is 0 Å². The van der Waals surface area contributed by atoms with Gasteiger partial charge < -0.3 is 4.74 Å². The van der Waals surface area contributed by atoms with Crippen LogP contribution in [0.5, 0.6) is 0 Å². The fraction of sp³-hybridized carbons (Fsp3) is 0.857. The quantitative estimate of drug-likeness (QED) is 0.602. The third kappa shape index (κ3) is 0.801. The molecular weight excluding hydrogens is 216 g/mol. The van der Waals surface area contributed by atoms with Crippen LogP contribution in [0.25, 0.3) is 0 Å². The van der Waals surface area contributed by atoms with Gasteiger partial charge in [-0.25, -0.2) is 0 Å². The average Bonchev–Trinajstić information content (AvgIpc) is 2.80. The Morgan fingerprint density at radius 3 is 2.82 bits per heavy atom. The Kier molecular flexibility index (Phi) is 1.54. The zero-order chi connectivity index (χ0) is 12.0. The number of rotatable bonds is 0. The van der Waals surface area contributed by atoms with Crippen molar-refractivity contribution in [1.82, 2.24) is 0 Å². The van der Waals surface area contributed by atoms with Crippen molar-refractivity contribution in [2.45, 2.75) is 45.6 Å². The van der Waals surface area contributed by atoms with Gasteiger partial charge in [0, 0.05) is 17.8 Å². The lowest BCUT2D eigenvalue weighted by molar-refractivity contribution is -0.158. The summed E-state index contributed by atoms with van der Waals surface area (Å²) in [5, 5.41) is 0. The first-order valence-electron chi connectivity index (χ1n) is 6.75. The first-order valence-corrected chi connectivity index (χ1v) is 6.75. The topological polar surface area (TPSA) is 43.4 Å². The van der Waals surface area contributed by atoms with Crippen molar-refractivity contribution in [3.63, 3.8) is 0 Å². The number of hydrogen-bond donors (Lipinski definition) is 0. The summed E-state index contributed by atoms with van der Waals surface area (Å²) in [6.45, 7) is 4.26. The molecule has 0 aromatic carbocycles. The molecule has 3 heteroatoms. The van der Waals surface area contributed by atoms with Gasteiger partial charge in [-0.3, -0.25) is 9.59 Å². The summed E-state index contributed by atoms with van der Waals surface area (Å²) >= 11 is 0. The van der Waals surface area contributed by atoms with Gasteiger partial charge in [0.1, 0.15) is 11.9 Å². The molecule has 92 valence electrons. The van der Waals surface area contributed by atoms with Gasteiger partial charge in [0.25, 0.3) is 0 Å². The molecule has 2 bridgehead atoms. The van der Waals surface area contributed by atoms with E-state index in [1.807, 2.05) is 0 Å². The first kappa shape index (κ1) is 10.1. The SMILES string of the molecule is C[C@@H]1CC[C@H]2[C@]3(C)C(=O)O[C@@H]4CC(=O)[C@]12C[C@@H]43. The Morgan fingerprint density at radius 2 is 2.06 bits per heavy atom. The van der Waals surface area contributed by atoms with E-state index in [1.165, 1.54) is 0 Å². The maximum Gasteiger partial charge on any atom is 0.312 e. The molecule has 0 aromatic heterocycles. The molecule has 4 rings (SSSR count). The Hall–Kier alpha value is -0.860. The molecule has 1 spiro atoms. The monoisotopic (exact) mass is 234 g/mol. The highest BCUT2D eigenvalue weighted by molar-refractivity contribution is 5.93. The molecule has 4 fully saturated rings. The highest BCUT2D eigenvalue weighted by Gasteiger charge is 2.76. The molecular formula is C14H18O3. The number of carbonyl (C=O) groups is 2. The lowest BCUT2D eigenvalue weighted by Gasteiger charge is -2.38. The minimum absolute atomic E-state index is 0.0269. The predicted octanol–water partition coefficient (Wildman–Crippen LogP) is 1.94. The van der Waals surface area contributed by atoms with E-state index in [-0.39, 0.29) is 28.8 Å². The van der Waals surface area contributed by atoms with Crippen molar-refractivity contribution < 1.29 is 14.3 Å². The fourth-order valence-electron chi connectivity index (χ4n) is 5.59. The zero-order valence-electron chi connectivity index (χ0n) is 10.4. The Balaban J connectivity index is 1.95. The number of fused-ring (bicyclic) bond motifs is 1. The molecule has 17 heavy (non-hydrogen) atoms.